The summed E-state index contributed by atoms with van der Waals surface area (Å²) >= 11 is 0. The number of ether oxygens (including phenoxy) is 2. The Labute approximate surface area is 236 Å². The van der Waals surface area contributed by atoms with Crippen molar-refractivity contribution in [3.8, 4) is 28.4 Å². The number of sulfone groups is 1. The number of pyridine rings is 1. The highest BCUT2D eigenvalue weighted by atomic mass is 32.2. The van der Waals surface area contributed by atoms with Crippen molar-refractivity contribution in [2.75, 3.05) is 12.0 Å². The smallest absolute Gasteiger partial charge is 0.254 e. The zero-order valence-corrected chi connectivity index (χ0v) is 25.1. The molecule has 0 bridgehead atoms. The van der Waals surface area contributed by atoms with Crippen LogP contribution in [0.3, 0.4) is 0 Å². The summed E-state index contributed by atoms with van der Waals surface area (Å²) in [6, 6.07) is 11.8. The van der Waals surface area contributed by atoms with E-state index in [1.807, 2.05) is 32.0 Å². The van der Waals surface area contributed by atoms with Gasteiger partial charge in [-0.15, -0.1) is 0 Å². The fourth-order valence-corrected chi connectivity index (χ4v) is 6.68. The zero-order chi connectivity index (χ0) is 29.2. The summed E-state index contributed by atoms with van der Waals surface area (Å²) in [5.41, 5.74) is 2.57. The molecule has 0 radical (unpaired) electrons. The highest BCUT2D eigenvalue weighted by molar-refractivity contribution is 7.91. The fourth-order valence-electron chi connectivity index (χ4n) is 4.93. The van der Waals surface area contributed by atoms with Crippen LogP contribution in [-0.2, 0) is 26.9 Å². The number of aromatic nitrogens is 1. The third kappa shape index (κ3) is 6.94. The Morgan fingerprint density at radius 3 is 2.17 bits per heavy atom. The molecule has 9 nitrogen and oxygen atoms in total. The number of benzene rings is 2. The molecule has 216 valence electrons. The van der Waals surface area contributed by atoms with Crippen LogP contribution < -0.4 is 19.8 Å². The lowest BCUT2D eigenvalue weighted by Crippen LogP contribution is -2.39. The first-order valence-corrected chi connectivity index (χ1v) is 16.8. The maximum atomic E-state index is 12.8. The van der Waals surface area contributed by atoms with Crippen molar-refractivity contribution >= 4 is 19.9 Å². The lowest BCUT2D eigenvalue weighted by Gasteiger charge is -2.29. The number of aryl methyl sites for hydroxylation is 3. The third-order valence-electron chi connectivity index (χ3n) is 7.14. The third-order valence-corrected chi connectivity index (χ3v) is 9.63. The van der Waals surface area contributed by atoms with Crippen molar-refractivity contribution in [3.05, 3.63) is 70.1 Å². The SMILES string of the molecule is CCS(=O)(=O)c1ccc(Oc2c(C)cccc2C)c(-c2cn(C)c(=O)cc2OC2CCC(NS(C)(=O)=O)CC2)c1. The molecule has 0 spiro atoms. The van der Waals surface area contributed by atoms with Gasteiger partial charge in [0.2, 0.25) is 10.0 Å². The average molecular weight is 589 g/mol. The Bertz CT molecular complexity index is 1650. The van der Waals surface area contributed by atoms with Gasteiger partial charge in [-0.25, -0.2) is 21.6 Å². The van der Waals surface area contributed by atoms with E-state index in [1.54, 1.807) is 32.3 Å². The maximum absolute atomic E-state index is 12.8. The van der Waals surface area contributed by atoms with Gasteiger partial charge in [-0.1, -0.05) is 25.1 Å². The molecule has 1 heterocycles. The summed E-state index contributed by atoms with van der Waals surface area (Å²) < 4.78 is 65.8. The Morgan fingerprint density at radius 2 is 1.57 bits per heavy atom. The molecule has 4 rings (SSSR count). The first kappa shape index (κ1) is 29.8. The van der Waals surface area contributed by atoms with Crippen LogP contribution in [0.2, 0.25) is 0 Å². The first-order valence-electron chi connectivity index (χ1n) is 13.2. The average Bonchev–Trinajstić information content (AvgIpc) is 2.88. The van der Waals surface area contributed by atoms with Gasteiger partial charge in [-0.3, -0.25) is 4.79 Å². The first-order chi connectivity index (χ1) is 18.8. The molecule has 1 N–H and O–H groups in total. The summed E-state index contributed by atoms with van der Waals surface area (Å²) in [7, 11) is -5.22. The second-order valence-electron chi connectivity index (χ2n) is 10.4. The van der Waals surface area contributed by atoms with Crippen molar-refractivity contribution in [1.82, 2.24) is 9.29 Å². The van der Waals surface area contributed by atoms with E-state index in [4.69, 9.17) is 9.47 Å². The van der Waals surface area contributed by atoms with E-state index in [0.29, 0.717) is 54.1 Å². The maximum Gasteiger partial charge on any atom is 0.254 e. The minimum Gasteiger partial charge on any atom is -0.490 e. The van der Waals surface area contributed by atoms with E-state index in [9.17, 15) is 21.6 Å². The zero-order valence-electron chi connectivity index (χ0n) is 23.4. The van der Waals surface area contributed by atoms with Crippen LogP contribution in [0.25, 0.3) is 11.1 Å². The second kappa shape index (κ2) is 11.8. The van der Waals surface area contributed by atoms with Crippen molar-refractivity contribution in [1.29, 1.82) is 0 Å². The van der Waals surface area contributed by atoms with Crippen LogP contribution in [-0.4, -0.2) is 45.6 Å². The quantitative estimate of drug-likeness (QED) is 0.391. The molecule has 40 heavy (non-hydrogen) atoms. The highest BCUT2D eigenvalue weighted by Gasteiger charge is 2.27. The standard InChI is InChI=1S/C29H36N2O7S2/c1-6-40(35,36)23-14-15-26(38-29-19(2)8-7-9-20(29)3)24(16-23)25-18-31(4)28(32)17-27(25)37-22-12-10-21(11-13-22)30-39(5,33)34/h7-9,14-18,21-22,30H,6,10-13H2,1-5H3. The molecule has 3 aromatic rings. The molecule has 1 fully saturated rings. The van der Waals surface area contributed by atoms with Gasteiger partial charge in [0.15, 0.2) is 9.84 Å². The summed E-state index contributed by atoms with van der Waals surface area (Å²) in [4.78, 5) is 12.8. The molecule has 1 aliphatic rings. The minimum absolute atomic E-state index is 0.0645. The molecule has 0 atom stereocenters. The van der Waals surface area contributed by atoms with E-state index < -0.39 is 19.9 Å². The van der Waals surface area contributed by atoms with Crippen LogP contribution in [0.5, 0.6) is 17.2 Å². The molecule has 2 aromatic carbocycles. The van der Waals surface area contributed by atoms with Gasteiger partial charge in [0.05, 0.1) is 23.0 Å². The van der Waals surface area contributed by atoms with E-state index in [-0.39, 0.29) is 28.4 Å². The topological polar surface area (TPSA) is 121 Å². The molecule has 1 saturated carbocycles. The Balaban J connectivity index is 1.78. The van der Waals surface area contributed by atoms with Crippen molar-refractivity contribution in [2.45, 2.75) is 63.5 Å². The van der Waals surface area contributed by atoms with Crippen LogP contribution in [0, 0.1) is 13.8 Å². The number of hydrogen-bond donors (Lipinski definition) is 1. The van der Waals surface area contributed by atoms with Gasteiger partial charge in [0.1, 0.15) is 17.2 Å². The summed E-state index contributed by atoms with van der Waals surface area (Å²) in [5.74, 6) is 1.35. The van der Waals surface area contributed by atoms with E-state index >= 15 is 0 Å². The lowest BCUT2D eigenvalue weighted by atomic mass is 9.93. The summed E-state index contributed by atoms with van der Waals surface area (Å²) in [5, 5.41) is 0. The monoisotopic (exact) mass is 588 g/mol. The van der Waals surface area contributed by atoms with Gasteiger partial charge in [0.25, 0.3) is 5.56 Å². The summed E-state index contributed by atoms with van der Waals surface area (Å²) in [6.07, 6.45) is 4.92. The number of rotatable bonds is 9. The van der Waals surface area contributed by atoms with Crippen LogP contribution in [0.1, 0.15) is 43.7 Å². The number of sulfonamides is 1. The molecule has 1 aromatic heterocycles. The van der Waals surface area contributed by atoms with Crippen LogP contribution >= 0.6 is 0 Å². The normalized spacial score (nSPS) is 17.9. The Morgan fingerprint density at radius 1 is 0.925 bits per heavy atom. The number of hydrogen-bond acceptors (Lipinski definition) is 7. The molecule has 1 aliphatic carbocycles. The highest BCUT2D eigenvalue weighted by Crippen LogP contribution is 2.41. The van der Waals surface area contributed by atoms with E-state index in [2.05, 4.69) is 4.72 Å². The van der Waals surface area contributed by atoms with E-state index in [1.165, 1.54) is 16.7 Å². The van der Waals surface area contributed by atoms with Crippen molar-refractivity contribution in [2.24, 2.45) is 7.05 Å². The molecule has 0 aliphatic heterocycles. The van der Waals surface area contributed by atoms with E-state index in [0.717, 1.165) is 17.4 Å². The van der Waals surface area contributed by atoms with Gasteiger partial charge < -0.3 is 14.0 Å². The Hall–Kier alpha value is -3.15. The number of nitrogens with one attached hydrogen (secondary N) is 1. The molecular weight excluding hydrogens is 552 g/mol. The predicted octanol–water partition coefficient (Wildman–Crippen LogP) is 4.49. The van der Waals surface area contributed by atoms with Crippen molar-refractivity contribution in [3.63, 3.8) is 0 Å². The predicted molar refractivity (Wildman–Crippen MR) is 155 cm³/mol. The molecule has 0 amide bonds. The number of nitrogens with zero attached hydrogens (tertiary/aromatic N) is 1. The second-order valence-corrected chi connectivity index (χ2v) is 14.4. The molecule has 0 unspecified atom stereocenters. The van der Waals surface area contributed by atoms with Gasteiger partial charge >= 0.3 is 0 Å². The molecule has 0 saturated heterocycles. The molecular formula is C29H36N2O7S2. The van der Waals surface area contributed by atoms with Crippen LogP contribution in [0.15, 0.2) is 58.4 Å². The van der Waals surface area contributed by atoms with Gasteiger partial charge in [0, 0.05) is 36.5 Å². The van der Waals surface area contributed by atoms with Crippen molar-refractivity contribution < 1.29 is 26.3 Å². The fraction of sp³-hybridized carbons (Fsp3) is 0.414. The van der Waals surface area contributed by atoms with Gasteiger partial charge in [-0.05, 0) is 68.9 Å². The lowest BCUT2D eigenvalue weighted by molar-refractivity contribution is 0.144. The summed E-state index contributed by atoms with van der Waals surface area (Å²) in [6.45, 7) is 5.47. The largest absolute Gasteiger partial charge is 0.490 e. The minimum atomic E-state index is -3.54. The Kier molecular flexibility index (Phi) is 8.77. The van der Waals surface area contributed by atoms with Gasteiger partial charge in [-0.2, -0.15) is 0 Å². The number of para-hydroxylation sites is 1. The van der Waals surface area contributed by atoms with Crippen LogP contribution in [0.4, 0.5) is 0 Å². The molecule has 11 heteroatoms.